The first-order valence-electron chi connectivity index (χ1n) is 8.78. The fourth-order valence-corrected chi connectivity index (χ4v) is 4.01. The minimum atomic E-state index is 0.438. The number of hydrogen-bond acceptors (Lipinski definition) is 4. The van der Waals surface area contributed by atoms with Gasteiger partial charge >= 0.3 is 0 Å². The number of benzene rings is 1. The Morgan fingerprint density at radius 2 is 1.88 bits per heavy atom. The Balaban J connectivity index is 1.75. The first kappa shape index (κ1) is 16.4. The number of aromatic nitrogens is 4. The molecule has 0 spiro atoms. The van der Waals surface area contributed by atoms with Crippen LogP contribution < -0.4 is 0 Å². The number of rotatable bonds is 3. The highest BCUT2D eigenvalue weighted by Crippen LogP contribution is 2.32. The third-order valence-electron chi connectivity index (χ3n) is 5.38. The average molecular weight is 353 g/mol. The lowest BCUT2D eigenvalue weighted by Crippen LogP contribution is -2.28. The molecule has 0 bridgehead atoms. The molecule has 1 fully saturated rings. The van der Waals surface area contributed by atoms with E-state index in [9.17, 15) is 0 Å². The maximum absolute atomic E-state index is 5.55. The number of hydrogen-bond donors (Lipinski definition) is 0. The Labute approximate surface area is 152 Å². The van der Waals surface area contributed by atoms with E-state index in [1.165, 1.54) is 24.0 Å². The van der Waals surface area contributed by atoms with Crippen LogP contribution in [0.4, 0.5) is 0 Å². The second kappa shape index (κ2) is 6.35. The van der Waals surface area contributed by atoms with E-state index >= 15 is 0 Å². The van der Waals surface area contributed by atoms with Gasteiger partial charge in [-0.1, -0.05) is 30.3 Å². The summed E-state index contributed by atoms with van der Waals surface area (Å²) in [6.45, 7) is 8.06. The van der Waals surface area contributed by atoms with E-state index in [4.69, 9.17) is 12.2 Å². The molecule has 2 aromatic heterocycles. The molecule has 1 aliphatic rings. The number of fused-ring (bicyclic) bond motifs is 1. The van der Waals surface area contributed by atoms with Gasteiger partial charge in [-0.05, 0) is 57.0 Å². The first-order valence-corrected chi connectivity index (χ1v) is 9.19. The van der Waals surface area contributed by atoms with Gasteiger partial charge in [0.05, 0.1) is 6.67 Å². The van der Waals surface area contributed by atoms with Gasteiger partial charge in [-0.15, -0.1) is 0 Å². The lowest BCUT2D eigenvalue weighted by Gasteiger charge is -2.25. The fraction of sp³-hybridized carbons (Fsp3) is 0.421. The van der Waals surface area contributed by atoms with Crippen molar-refractivity contribution in [3.8, 4) is 0 Å². The predicted molar refractivity (Wildman–Crippen MR) is 101 cm³/mol. The van der Waals surface area contributed by atoms with Crippen LogP contribution in [-0.4, -0.2) is 30.6 Å². The predicted octanol–water partition coefficient (Wildman–Crippen LogP) is 3.98. The number of aryl methyl sites for hydroxylation is 2. The highest BCUT2D eigenvalue weighted by molar-refractivity contribution is 7.71. The van der Waals surface area contributed by atoms with Gasteiger partial charge in [-0.2, -0.15) is 4.98 Å². The second-order valence-corrected chi connectivity index (χ2v) is 7.20. The SMILES string of the molecule is Cc1nc2nc(=S)n(CN3CCC[C@H]3c3ccccc3)n2c(C)c1C. The lowest BCUT2D eigenvalue weighted by atomic mass is 10.1. The van der Waals surface area contributed by atoms with Crippen LogP contribution in [0.15, 0.2) is 30.3 Å². The van der Waals surface area contributed by atoms with Crippen molar-refractivity contribution in [1.29, 1.82) is 0 Å². The molecule has 5 nitrogen and oxygen atoms in total. The van der Waals surface area contributed by atoms with E-state index in [2.05, 4.69) is 68.2 Å². The molecule has 25 heavy (non-hydrogen) atoms. The summed E-state index contributed by atoms with van der Waals surface area (Å²) < 4.78 is 4.76. The summed E-state index contributed by atoms with van der Waals surface area (Å²) in [5.41, 5.74) is 4.74. The molecule has 0 radical (unpaired) electrons. The maximum atomic E-state index is 5.55. The van der Waals surface area contributed by atoms with E-state index in [1.807, 2.05) is 6.92 Å². The van der Waals surface area contributed by atoms with Crippen molar-refractivity contribution in [3.05, 3.63) is 57.6 Å². The highest BCUT2D eigenvalue weighted by Gasteiger charge is 2.27. The van der Waals surface area contributed by atoms with Crippen LogP contribution in [0.1, 0.15) is 41.4 Å². The molecule has 1 atom stereocenters. The molecule has 0 saturated carbocycles. The molecule has 0 aliphatic carbocycles. The van der Waals surface area contributed by atoms with Gasteiger partial charge in [0.2, 0.25) is 4.77 Å². The molecule has 3 heterocycles. The summed E-state index contributed by atoms with van der Waals surface area (Å²) in [7, 11) is 0. The van der Waals surface area contributed by atoms with Gasteiger partial charge in [0.15, 0.2) is 0 Å². The van der Waals surface area contributed by atoms with Gasteiger partial charge in [-0.25, -0.2) is 14.2 Å². The summed E-state index contributed by atoms with van der Waals surface area (Å²) >= 11 is 5.55. The second-order valence-electron chi connectivity index (χ2n) is 6.84. The Morgan fingerprint density at radius 3 is 2.64 bits per heavy atom. The molecule has 3 aromatic rings. The van der Waals surface area contributed by atoms with Crippen molar-refractivity contribution in [2.75, 3.05) is 6.54 Å². The molecular formula is C19H23N5S. The zero-order valence-corrected chi connectivity index (χ0v) is 15.8. The van der Waals surface area contributed by atoms with Crippen molar-refractivity contribution in [2.45, 2.75) is 46.3 Å². The monoisotopic (exact) mass is 353 g/mol. The van der Waals surface area contributed by atoms with Crippen LogP contribution in [0.3, 0.4) is 0 Å². The zero-order valence-electron chi connectivity index (χ0n) is 14.9. The molecule has 0 amide bonds. The third-order valence-corrected chi connectivity index (χ3v) is 5.68. The molecule has 130 valence electrons. The molecule has 1 aliphatic heterocycles. The Hall–Kier alpha value is -2.05. The molecule has 6 heteroatoms. The highest BCUT2D eigenvalue weighted by atomic mass is 32.1. The zero-order chi connectivity index (χ0) is 17.6. The molecule has 0 unspecified atom stereocenters. The van der Waals surface area contributed by atoms with Crippen molar-refractivity contribution in [1.82, 2.24) is 24.1 Å². The smallest absolute Gasteiger partial charge is 0.252 e. The van der Waals surface area contributed by atoms with Gasteiger partial charge < -0.3 is 0 Å². The van der Waals surface area contributed by atoms with Gasteiger partial charge in [0, 0.05) is 24.0 Å². The third kappa shape index (κ3) is 2.79. The Bertz CT molecular complexity index is 973. The van der Waals surface area contributed by atoms with Crippen LogP contribution in [-0.2, 0) is 6.67 Å². The Morgan fingerprint density at radius 1 is 1.12 bits per heavy atom. The number of likely N-dealkylation sites (tertiary alicyclic amines) is 1. The van der Waals surface area contributed by atoms with Gasteiger partial charge in [-0.3, -0.25) is 4.90 Å². The topological polar surface area (TPSA) is 38.4 Å². The van der Waals surface area contributed by atoms with Crippen LogP contribution in [0.2, 0.25) is 0 Å². The number of nitrogens with zero attached hydrogens (tertiary/aromatic N) is 5. The summed E-state index contributed by atoms with van der Waals surface area (Å²) in [6, 6.07) is 11.2. The van der Waals surface area contributed by atoms with Crippen molar-refractivity contribution < 1.29 is 0 Å². The van der Waals surface area contributed by atoms with E-state index in [0.29, 0.717) is 16.6 Å². The van der Waals surface area contributed by atoms with Crippen molar-refractivity contribution in [3.63, 3.8) is 0 Å². The quantitative estimate of drug-likeness (QED) is 0.668. The Kier molecular flexibility index (Phi) is 4.17. The molecule has 4 rings (SSSR count). The van der Waals surface area contributed by atoms with Crippen molar-refractivity contribution >= 4 is 18.0 Å². The van der Waals surface area contributed by atoms with Crippen LogP contribution >= 0.6 is 12.2 Å². The van der Waals surface area contributed by atoms with Crippen LogP contribution in [0.25, 0.3) is 5.78 Å². The maximum Gasteiger partial charge on any atom is 0.252 e. The van der Waals surface area contributed by atoms with Gasteiger partial charge in [0.25, 0.3) is 5.78 Å². The summed E-state index contributed by atoms with van der Waals surface area (Å²) in [4.78, 5) is 11.6. The fourth-order valence-electron chi connectivity index (χ4n) is 3.79. The normalized spacial score (nSPS) is 18.3. The first-order chi connectivity index (χ1) is 12.1. The van der Waals surface area contributed by atoms with Crippen molar-refractivity contribution in [2.24, 2.45) is 0 Å². The lowest BCUT2D eigenvalue weighted by molar-refractivity contribution is 0.185. The van der Waals surface area contributed by atoms with Gasteiger partial charge in [0.1, 0.15) is 0 Å². The van der Waals surface area contributed by atoms with Crippen LogP contribution in [0, 0.1) is 25.5 Å². The summed E-state index contributed by atoms with van der Waals surface area (Å²) in [6.07, 6.45) is 2.39. The van der Waals surface area contributed by atoms with E-state index in [-0.39, 0.29) is 0 Å². The molecule has 1 aromatic carbocycles. The molecule has 1 saturated heterocycles. The minimum absolute atomic E-state index is 0.438. The summed E-state index contributed by atoms with van der Waals surface area (Å²) in [5.74, 6) is 0.695. The van der Waals surface area contributed by atoms with E-state index in [0.717, 1.165) is 24.6 Å². The van der Waals surface area contributed by atoms with E-state index < -0.39 is 0 Å². The minimum Gasteiger partial charge on any atom is -0.277 e. The van der Waals surface area contributed by atoms with Crippen LogP contribution in [0.5, 0.6) is 0 Å². The standard InChI is InChI=1S/C19H23N5S/c1-13-14(2)20-18-21-19(25)23(24(18)15(13)3)12-22-11-7-10-17(22)16-8-5-4-6-9-16/h4-6,8-9,17H,7,10-12H2,1-3H3/t17-/m0/s1. The average Bonchev–Trinajstić information content (AvgIpc) is 3.19. The largest absolute Gasteiger partial charge is 0.277 e. The molecular weight excluding hydrogens is 330 g/mol. The van der Waals surface area contributed by atoms with E-state index in [1.54, 1.807) is 0 Å². The summed E-state index contributed by atoms with van der Waals surface area (Å²) in [5, 5.41) is 0. The molecule has 0 N–H and O–H groups in total.